The van der Waals surface area contributed by atoms with E-state index in [2.05, 4.69) is 11.8 Å². The van der Waals surface area contributed by atoms with Crippen LogP contribution < -0.4 is 0 Å². The summed E-state index contributed by atoms with van der Waals surface area (Å²) in [5.41, 5.74) is 0.168. The smallest absolute Gasteiger partial charge is 0.270 e. The second kappa shape index (κ2) is 5.66. The fourth-order valence-electron chi connectivity index (χ4n) is 1.10. The lowest BCUT2D eigenvalue weighted by atomic mass is 10.1. The molecule has 0 aliphatic carbocycles. The molecule has 0 aliphatic rings. The Hall–Kier alpha value is -2.15. The van der Waals surface area contributed by atoms with Gasteiger partial charge in [0.25, 0.3) is 5.69 Å². The number of carbonyl (C=O) groups excluding carboxylic acids is 1. The molecule has 0 bridgehead atoms. The normalized spacial score (nSPS) is 9.06. The van der Waals surface area contributed by atoms with Crippen LogP contribution in [0.15, 0.2) is 24.3 Å². The monoisotopic (exact) mass is 217 g/mol. The first kappa shape index (κ1) is 11.9. The van der Waals surface area contributed by atoms with Crippen LogP contribution in [-0.4, -0.2) is 10.7 Å². The van der Waals surface area contributed by atoms with Gasteiger partial charge in [-0.1, -0.05) is 18.9 Å². The van der Waals surface area contributed by atoms with Crippen molar-refractivity contribution >= 4 is 11.5 Å². The molecule has 0 heterocycles. The minimum atomic E-state index is -0.531. The summed E-state index contributed by atoms with van der Waals surface area (Å²) in [6.45, 7) is 1.96. The summed E-state index contributed by atoms with van der Waals surface area (Å²) in [4.78, 5) is 21.5. The van der Waals surface area contributed by atoms with Crippen LogP contribution in [0.3, 0.4) is 0 Å². The SMILES string of the molecule is CCCC#CC(=O)c1cccc([N+](=O)[O-])c1. The summed E-state index contributed by atoms with van der Waals surface area (Å²) in [6, 6.07) is 5.59. The standard InChI is InChI=1S/C12H11NO3/c1-2-3-4-8-12(14)10-6-5-7-11(9-10)13(15)16/h5-7,9H,2-3H2,1H3. The van der Waals surface area contributed by atoms with E-state index in [0.717, 1.165) is 6.42 Å². The molecule has 0 N–H and O–H groups in total. The molecule has 1 aromatic carbocycles. The Balaban J connectivity index is 2.89. The molecule has 0 unspecified atom stereocenters. The number of Topliss-reactive ketones (excluding diaryl/α,β-unsaturated/α-hetero) is 1. The number of nitro groups is 1. The molecule has 1 aromatic rings. The molecular weight excluding hydrogens is 206 g/mol. The summed E-state index contributed by atoms with van der Waals surface area (Å²) in [7, 11) is 0. The largest absolute Gasteiger partial charge is 0.279 e. The molecule has 0 atom stereocenters. The molecule has 4 nitrogen and oxygen atoms in total. The van der Waals surface area contributed by atoms with E-state index < -0.39 is 4.92 Å². The number of benzene rings is 1. The molecule has 0 saturated carbocycles. The van der Waals surface area contributed by atoms with Gasteiger partial charge in [0.2, 0.25) is 5.78 Å². The number of non-ortho nitro benzene ring substituents is 1. The number of ketones is 1. The highest BCUT2D eigenvalue weighted by Crippen LogP contribution is 2.13. The van der Waals surface area contributed by atoms with E-state index in [9.17, 15) is 14.9 Å². The van der Waals surface area contributed by atoms with Crippen molar-refractivity contribution in [3.63, 3.8) is 0 Å². The van der Waals surface area contributed by atoms with Gasteiger partial charge in [-0.25, -0.2) is 0 Å². The zero-order chi connectivity index (χ0) is 12.0. The average Bonchev–Trinajstić information content (AvgIpc) is 2.29. The lowest BCUT2D eigenvalue weighted by Crippen LogP contribution is -1.96. The van der Waals surface area contributed by atoms with E-state index in [1.54, 1.807) is 0 Å². The van der Waals surface area contributed by atoms with Gasteiger partial charge in [0.05, 0.1) is 4.92 Å². The maximum Gasteiger partial charge on any atom is 0.270 e. The quantitative estimate of drug-likeness (QED) is 0.257. The summed E-state index contributed by atoms with van der Waals surface area (Å²) in [5, 5.41) is 10.5. The number of nitro benzene ring substituents is 1. The molecule has 0 amide bonds. The van der Waals surface area contributed by atoms with Crippen molar-refractivity contribution in [1.29, 1.82) is 0 Å². The highest BCUT2D eigenvalue weighted by atomic mass is 16.6. The van der Waals surface area contributed by atoms with E-state index in [4.69, 9.17) is 0 Å². The van der Waals surface area contributed by atoms with Crippen LogP contribution in [0.1, 0.15) is 30.1 Å². The maximum absolute atomic E-state index is 11.5. The van der Waals surface area contributed by atoms with Gasteiger partial charge in [-0.15, -0.1) is 0 Å². The van der Waals surface area contributed by atoms with Gasteiger partial charge in [-0.2, -0.15) is 0 Å². The predicted molar refractivity (Wildman–Crippen MR) is 60.1 cm³/mol. The average molecular weight is 217 g/mol. The van der Waals surface area contributed by atoms with Crippen LogP contribution in [-0.2, 0) is 0 Å². The van der Waals surface area contributed by atoms with Crippen molar-refractivity contribution in [3.05, 3.63) is 39.9 Å². The van der Waals surface area contributed by atoms with E-state index in [0.29, 0.717) is 6.42 Å². The lowest BCUT2D eigenvalue weighted by Gasteiger charge is -1.94. The van der Waals surface area contributed by atoms with Crippen LogP contribution >= 0.6 is 0 Å². The molecule has 0 aliphatic heterocycles. The van der Waals surface area contributed by atoms with Crippen molar-refractivity contribution in [2.45, 2.75) is 19.8 Å². The molecule has 0 aromatic heterocycles. The van der Waals surface area contributed by atoms with Crippen molar-refractivity contribution in [2.24, 2.45) is 0 Å². The highest BCUT2D eigenvalue weighted by Gasteiger charge is 2.09. The van der Waals surface area contributed by atoms with Gasteiger partial charge in [-0.3, -0.25) is 14.9 Å². The number of unbranched alkanes of at least 4 members (excludes halogenated alkanes) is 1. The number of hydrogen-bond donors (Lipinski definition) is 0. The molecular formula is C12H11NO3. The number of carbonyl (C=O) groups is 1. The van der Waals surface area contributed by atoms with Gasteiger partial charge in [0.15, 0.2) is 0 Å². The fraction of sp³-hybridized carbons (Fsp3) is 0.250. The van der Waals surface area contributed by atoms with Crippen LogP contribution in [0.4, 0.5) is 5.69 Å². The van der Waals surface area contributed by atoms with E-state index in [-0.39, 0.29) is 17.0 Å². The fourth-order valence-corrected chi connectivity index (χ4v) is 1.10. The lowest BCUT2D eigenvalue weighted by molar-refractivity contribution is -0.384. The van der Waals surface area contributed by atoms with E-state index >= 15 is 0 Å². The second-order valence-electron chi connectivity index (χ2n) is 3.19. The van der Waals surface area contributed by atoms with Gasteiger partial charge in [0, 0.05) is 24.1 Å². The van der Waals surface area contributed by atoms with Gasteiger partial charge >= 0.3 is 0 Å². The summed E-state index contributed by atoms with van der Waals surface area (Å²) in [5.74, 6) is 4.79. The number of hydrogen-bond acceptors (Lipinski definition) is 3. The number of rotatable bonds is 3. The Morgan fingerprint density at radius 1 is 1.50 bits per heavy atom. The Morgan fingerprint density at radius 3 is 2.88 bits per heavy atom. The Bertz CT molecular complexity index is 469. The topological polar surface area (TPSA) is 60.2 Å². The highest BCUT2D eigenvalue weighted by molar-refractivity contribution is 6.09. The maximum atomic E-state index is 11.5. The minimum Gasteiger partial charge on any atom is -0.279 e. The first-order valence-electron chi connectivity index (χ1n) is 4.92. The van der Waals surface area contributed by atoms with E-state index in [1.807, 2.05) is 6.92 Å². The van der Waals surface area contributed by atoms with Crippen LogP contribution in [0.5, 0.6) is 0 Å². The van der Waals surface area contributed by atoms with Crippen LogP contribution in [0.25, 0.3) is 0 Å². The van der Waals surface area contributed by atoms with Gasteiger partial charge in [0.1, 0.15) is 0 Å². The number of nitrogens with zero attached hydrogens (tertiary/aromatic N) is 1. The summed E-state index contributed by atoms with van der Waals surface area (Å²) < 4.78 is 0. The van der Waals surface area contributed by atoms with Crippen molar-refractivity contribution in [3.8, 4) is 11.8 Å². The molecule has 0 fully saturated rings. The Kier molecular flexibility index (Phi) is 4.22. The van der Waals surface area contributed by atoms with Gasteiger partial charge < -0.3 is 0 Å². The minimum absolute atomic E-state index is 0.0943. The molecule has 0 spiro atoms. The molecule has 1 rings (SSSR count). The van der Waals surface area contributed by atoms with Crippen molar-refractivity contribution in [1.82, 2.24) is 0 Å². The summed E-state index contributed by atoms with van der Waals surface area (Å²) in [6.07, 6.45) is 1.54. The summed E-state index contributed by atoms with van der Waals surface area (Å²) >= 11 is 0. The first-order chi connectivity index (χ1) is 7.65. The van der Waals surface area contributed by atoms with Gasteiger partial charge in [-0.05, 0) is 18.4 Å². The van der Waals surface area contributed by atoms with E-state index in [1.165, 1.54) is 24.3 Å². The van der Waals surface area contributed by atoms with Crippen molar-refractivity contribution < 1.29 is 9.72 Å². The van der Waals surface area contributed by atoms with Crippen LogP contribution in [0.2, 0.25) is 0 Å². The van der Waals surface area contributed by atoms with Crippen LogP contribution in [0, 0.1) is 22.0 Å². The molecule has 82 valence electrons. The molecule has 4 heteroatoms. The zero-order valence-electron chi connectivity index (χ0n) is 8.90. The third-order valence-corrected chi connectivity index (χ3v) is 1.90. The predicted octanol–water partition coefficient (Wildman–Crippen LogP) is 2.58. The van der Waals surface area contributed by atoms with Crippen molar-refractivity contribution in [2.75, 3.05) is 0 Å². The molecule has 16 heavy (non-hydrogen) atoms. The molecule has 0 radical (unpaired) electrons. The zero-order valence-corrected chi connectivity index (χ0v) is 8.90. The second-order valence-corrected chi connectivity index (χ2v) is 3.19. The first-order valence-corrected chi connectivity index (χ1v) is 4.92. The third-order valence-electron chi connectivity index (χ3n) is 1.90. The Labute approximate surface area is 93.4 Å². The third kappa shape index (κ3) is 3.21. The molecule has 0 saturated heterocycles. The Morgan fingerprint density at radius 2 is 2.25 bits per heavy atom.